The van der Waals surface area contributed by atoms with Crippen LogP contribution in [0.15, 0.2) is 24.3 Å². The van der Waals surface area contributed by atoms with Gasteiger partial charge in [0, 0.05) is 18.0 Å². The number of carbonyl (C=O) groups excluding carboxylic acids is 1. The first kappa shape index (κ1) is 10.3. The largest absolute Gasteiger partial charge is 0.508 e. The van der Waals surface area contributed by atoms with Crippen LogP contribution in [0.1, 0.15) is 10.5 Å². The molecule has 1 heterocycles. The molecule has 0 radical (unpaired) electrons. The molecule has 4 nitrogen and oxygen atoms in total. The van der Waals surface area contributed by atoms with Gasteiger partial charge in [-0.2, -0.15) is 0 Å². The van der Waals surface area contributed by atoms with Crippen molar-refractivity contribution in [2.45, 2.75) is 0 Å². The second-order valence-corrected chi connectivity index (χ2v) is 2.61. The van der Waals surface area contributed by atoms with Crippen molar-refractivity contribution in [2.24, 2.45) is 0 Å². The lowest BCUT2D eigenvalue weighted by Gasteiger charge is -1.89. The topological polar surface area (TPSA) is 73.3 Å². The molecule has 0 saturated heterocycles. The van der Waals surface area contributed by atoms with Gasteiger partial charge in [0.15, 0.2) is 6.29 Å². The van der Waals surface area contributed by atoms with Gasteiger partial charge in [-0.3, -0.25) is 4.79 Å². The van der Waals surface area contributed by atoms with Crippen LogP contribution in [0, 0.1) is 0 Å². The highest BCUT2D eigenvalue weighted by Gasteiger charge is 1.99. The molecular formula is C10H11NO3. The maximum Gasteiger partial charge on any atom is 0.166 e. The van der Waals surface area contributed by atoms with E-state index in [1.165, 1.54) is 0 Å². The van der Waals surface area contributed by atoms with Crippen LogP contribution >= 0.6 is 0 Å². The summed E-state index contributed by atoms with van der Waals surface area (Å²) in [7, 11) is 1.00. The summed E-state index contributed by atoms with van der Waals surface area (Å²) in [6.45, 7) is 0. The standard InChI is InChI=1S/C9H7NO2.CH4O/c11-5-7-3-6-4-8(12)1-2-9(6)10-7;1-2/h1-5,10,12H;2H,1H3. The van der Waals surface area contributed by atoms with Crippen molar-refractivity contribution in [1.82, 2.24) is 4.98 Å². The molecule has 2 aromatic rings. The van der Waals surface area contributed by atoms with Gasteiger partial charge in [-0.15, -0.1) is 0 Å². The number of phenols is 1. The van der Waals surface area contributed by atoms with E-state index >= 15 is 0 Å². The maximum absolute atomic E-state index is 10.4. The van der Waals surface area contributed by atoms with Crippen molar-refractivity contribution in [2.75, 3.05) is 7.11 Å². The molecule has 0 saturated carbocycles. The van der Waals surface area contributed by atoms with Crippen molar-refractivity contribution < 1.29 is 15.0 Å². The van der Waals surface area contributed by atoms with E-state index in [9.17, 15) is 4.79 Å². The minimum Gasteiger partial charge on any atom is -0.508 e. The van der Waals surface area contributed by atoms with Crippen molar-refractivity contribution in [1.29, 1.82) is 0 Å². The molecule has 0 bridgehead atoms. The van der Waals surface area contributed by atoms with Crippen LogP contribution in [-0.4, -0.2) is 28.6 Å². The third kappa shape index (κ3) is 1.92. The monoisotopic (exact) mass is 193 g/mol. The first-order valence-corrected chi connectivity index (χ1v) is 4.01. The minimum atomic E-state index is 0.207. The molecule has 0 fully saturated rings. The fourth-order valence-corrected chi connectivity index (χ4v) is 1.21. The number of aliphatic hydroxyl groups is 1. The second-order valence-electron chi connectivity index (χ2n) is 2.61. The molecule has 0 aliphatic heterocycles. The van der Waals surface area contributed by atoms with Crippen LogP contribution < -0.4 is 0 Å². The number of fused-ring (bicyclic) bond motifs is 1. The lowest BCUT2D eigenvalue weighted by molar-refractivity contribution is 0.112. The van der Waals surface area contributed by atoms with Crippen molar-refractivity contribution in [3.05, 3.63) is 30.0 Å². The number of benzene rings is 1. The Morgan fingerprint density at radius 1 is 1.29 bits per heavy atom. The summed E-state index contributed by atoms with van der Waals surface area (Å²) >= 11 is 0. The molecule has 74 valence electrons. The predicted octanol–water partition coefficient (Wildman–Crippen LogP) is 1.29. The van der Waals surface area contributed by atoms with Gasteiger partial charge in [0.1, 0.15) is 5.75 Å². The predicted molar refractivity (Wildman–Crippen MR) is 53.5 cm³/mol. The molecule has 1 aromatic heterocycles. The van der Waals surface area contributed by atoms with Crippen molar-refractivity contribution in [3.8, 4) is 5.75 Å². The van der Waals surface area contributed by atoms with Gasteiger partial charge in [0.2, 0.25) is 0 Å². The minimum absolute atomic E-state index is 0.207. The number of aromatic hydroxyl groups is 1. The van der Waals surface area contributed by atoms with E-state index in [-0.39, 0.29) is 5.75 Å². The fourth-order valence-electron chi connectivity index (χ4n) is 1.21. The average Bonchev–Trinajstić information content (AvgIpc) is 2.62. The summed E-state index contributed by atoms with van der Waals surface area (Å²) in [5.41, 5.74) is 1.38. The first-order valence-electron chi connectivity index (χ1n) is 4.01. The lowest BCUT2D eigenvalue weighted by Crippen LogP contribution is -1.74. The molecular weight excluding hydrogens is 182 g/mol. The third-order valence-electron chi connectivity index (χ3n) is 1.75. The highest BCUT2D eigenvalue weighted by Crippen LogP contribution is 2.19. The third-order valence-corrected chi connectivity index (χ3v) is 1.75. The Bertz CT molecular complexity index is 434. The number of nitrogens with one attached hydrogen (secondary N) is 1. The van der Waals surface area contributed by atoms with Gasteiger partial charge in [-0.1, -0.05) is 0 Å². The van der Waals surface area contributed by atoms with E-state index in [1.54, 1.807) is 24.3 Å². The SMILES string of the molecule is CO.O=Cc1cc2cc(O)ccc2[nH]1. The average molecular weight is 193 g/mol. The summed E-state index contributed by atoms with van der Waals surface area (Å²) < 4.78 is 0. The fraction of sp³-hybridized carbons (Fsp3) is 0.100. The number of aldehydes is 1. The Hall–Kier alpha value is -1.81. The molecule has 14 heavy (non-hydrogen) atoms. The first-order chi connectivity index (χ1) is 6.79. The Morgan fingerprint density at radius 2 is 2.00 bits per heavy atom. The number of aromatic nitrogens is 1. The highest BCUT2D eigenvalue weighted by molar-refractivity contribution is 5.88. The molecule has 0 atom stereocenters. The maximum atomic E-state index is 10.4. The van der Waals surface area contributed by atoms with Crippen molar-refractivity contribution in [3.63, 3.8) is 0 Å². The molecule has 3 N–H and O–H groups in total. The van der Waals surface area contributed by atoms with Crippen LogP contribution in [0.25, 0.3) is 10.9 Å². The van der Waals surface area contributed by atoms with Gasteiger partial charge in [-0.05, 0) is 24.3 Å². The molecule has 0 aliphatic carbocycles. The van der Waals surface area contributed by atoms with Crippen LogP contribution in [0.2, 0.25) is 0 Å². The molecule has 0 spiro atoms. The highest BCUT2D eigenvalue weighted by atomic mass is 16.3. The number of aromatic amines is 1. The number of carbonyl (C=O) groups is 1. The van der Waals surface area contributed by atoms with Crippen LogP contribution in [-0.2, 0) is 0 Å². The molecule has 4 heteroatoms. The van der Waals surface area contributed by atoms with E-state index in [0.29, 0.717) is 5.69 Å². The number of phenolic OH excluding ortho intramolecular Hbond substituents is 1. The summed E-state index contributed by atoms with van der Waals surface area (Å²) in [5, 5.41) is 17.0. The molecule has 0 unspecified atom stereocenters. The van der Waals surface area contributed by atoms with E-state index in [1.807, 2.05) is 0 Å². The zero-order valence-electron chi connectivity index (χ0n) is 7.69. The smallest absolute Gasteiger partial charge is 0.166 e. The van der Waals surface area contributed by atoms with E-state index in [4.69, 9.17) is 10.2 Å². The summed E-state index contributed by atoms with van der Waals surface area (Å²) in [6.07, 6.45) is 0.747. The van der Waals surface area contributed by atoms with Gasteiger partial charge in [0.05, 0.1) is 5.69 Å². The number of aliphatic hydroxyl groups excluding tert-OH is 1. The van der Waals surface area contributed by atoms with E-state index in [2.05, 4.69) is 4.98 Å². The molecule has 0 amide bonds. The summed E-state index contributed by atoms with van der Waals surface area (Å²) in [6, 6.07) is 6.62. The Kier molecular flexibility index (Phi) is 3.25. The zero-order valence-corrected chi connectivity index (χ0v) is 7.69. The lowest BCUT2D eigenvalue weighted by atomic mass is 10.2. The number of rotatable bonds is 1. The van der Waals surface area contributed by atoms with Crippen molar-refractivity contribution >= 4 is 17.2 Å². The van der Waals surface area contributed by atoms with E-state index < -0.39 is 0 Å². The van der Waals surface area contributed by atoms with E-state index in [0.717, 1.165) is 24.3 Å². The van der Waals surface area contributed by atoms with Gasteiger partial charge < -0.3 is 15.2 Å². The molecule has 1 aromatic carbocycles. The Labute approximate surface area is 80.8 Å². The number of H-pyrrole nitrogens is 1. The zero-order chi connectivity index (χ0) is 10.6. The Balaban J connectivity index is 0.000000461. The molecule has 2 rings (SSSR count). The number of hydrogen-bond acceptors (Lipinski definition) is 3. The summed E-state index contributed by atoms with van der Waals surface area (Å²) in [5.74, 6) is 0.207. The van der Waals surface area contributed by atoms with Crippen LogP contribution in [0.5, 0.6) is 5.75 Å². The molecule has 0 aliphatic rings. The second kappa shape index (κ2) is 4.43. The van der Waals surface area contributed by atoms with Crippen LogP contribution in [0.3, 0.4) is 0 Å². The van der Waals surface area contributed by atoms with Gasteiger partial charge in [0.25, 0.3) is 0 Å². The van der Waals surface area contributed by atoms with Gasteiger partial charge in [-0.25, -0.2) is 0 Å². The number of hydrogen-bond donors (Lipinski definition) is 3. The van der Waals surface area contributed by atoms with Crippen LogP contribution in [0.4, 0.5) is 0 Å². The van der Waals surface area contributed by atoms with Gasteiger partial charge >= 0.3 is 0 Å². The Morgan fingerprint density at radius 3 is 2.64 bits per heavy atom. The summed E-state index contributed by atoms with van der Waals surface area (Å²) in [4.78, 5) is 13.3. The quantitative estimate of drug-likeness (QED) is 0.597. The normalized spacial score (nSPS) is 9.29.